The first-order valence-electron chi connectivity index (χ1n) is 19.0. The van der Waals surface area contributed by atoms with Gasteiger partial charge in [-0.05, 0) is 104 Å². The summed E-state index contributed by atoms with van der Waals surface area (Å²) in [6, 6.07) is 62.6. The summed E-state index contributed by atoms with van der Waals surface area (Å²) in [6.45, 7) is 6.21. The quantitative estimate of drug-likeness (QED) is 0.157. The Balaban J connectivity index is 1.23. The summed E-state index contributed by atoms with van der Waals surface area (Å²) >= 11 is 0. The highest BCUT2D eigenvalue weighted by atomic mass is 15.1. The zero-order valence-corrected chi connectivity index (χ0v) is 30.5. The van der Waals surface area contributed by atoms with Gasteiger partial charge in [-0.3, -0.25) is 0 Å². The highest BCUT2D eigenvalue weighted by Gasteiger charge is 2.30. The largest absolute Gasteiger partial charge is 0.309 e. The van der Waals surface area contributed by atoms with E-state index in [4.69, 9.17) is 0 Å². The molecule has 0 amide bonds. The Labute approximate surface area is 320 Å². The van der Waals surface area contributed by atoms with Gasteiger partial charge < -0.3 is 9.47 Å². The van der Waals surface area contributed by atoms with Crippen molar-refractivity contribution in [2.24, 2.45) is 0 Å². The standard InChI is InChI=1S/C53H36N2/c1-3-4-19-41-34(2)31-38-18-11-22-45-51(38)53(41)46-23-13-26-49(52(45)46)54(47-25-12-17-36-15-7-8-20-42(36)47)40-29-30-44-43-21-9-10-24-48(43)55(50(44)33-40)39-28-27-35-14-5-6-16-37(35)32-39/h3-33H,1H2,2H3/b19-4-. The van der Waals surface area contributed by atoms with Crippen LogP contribution in [0.15, 0.2) is 189 Å². The van der Waals surface area contributed by atoms with E-state index in [1.807, 2.05) is 6.08 Å². The van der Waals surface area contributed by atoms with Crippen molar-refractivity contribution in [3.8, 4) is 27.9 Å². The van der Waals surface area contributed by atoms with Gasteiger partial charge in [0, 0.05) is 33.1 Å². The smallest absolute Gasteiger partial charge is 0.0561 e. The molecule has 1 aromatic heterocycles. The van der Waals surface area contributed by atoms with E-state index >= 15 is 0 Å². The van der Waals surface area contributed by atoms with Crippen molar-refractivity contribution in [2.75, 3.05) is 4.90 Å². The summed E-state index contributed by atoms with van der Waals surface area (Å²) < 4.78 is 2.44. The molecule has 11 rings (SSSR count). The lowest BCUT2D eigenvalue weighted by atomic mass is 9.93. The molecular weight excluding hydrogens is 665 g/mol. The zero-order chi connectivity index (χ0) is 36.6. The van der Waals surface area contributed by atoms with E-state index in [2.05, 4.69) is 205 Å². The number of allylic oxidation sites excluding steroid dienone is 2. The maximum atomic E-state index is 3.99. The van der Waals surface area contributed by atoms with Gasteiger partial charge in [0.05, 0.1) is 22.4 Å². The van der Waals surface area contributed by atoms with E-state index in [0.717, 1.165) is 22.7 Å². The molecule has 0 bridgehead atoms. The van der Waals surface area contributed by atoms with Crippen LogP contribution in [0, 0.1) is 6.92 Å². The number of anilines is 3. The molecular formula is C53H36N2. The van der Waals surface area contributed by atoms with E-state index in [-0.39, 0.29) is 0 Å². The highest BCUT2D eigenvalue weighted by molar-refractivity contribution is 6.21. The van der Waals surface area contributed by atoms with Crippen LogP contribution in [0.2, 0.25) is 0 Å². The number of hydrogen-bond acceptors (Lipinski definition) is 1. The molecule has 258 valence electrons. The number of nitrogens with zero attached hydrogens (tertiary/aromatic N) is 2. The van der Waals surface area contributed by atoms with E-state index in [1.165, 1.54) is 87.5 Å². The van der Waals surface area contributed by atoms with Crippen LogP contribution in [0.5, 0.6) is 0 Å². The van der Waals surface area contributed by atoms with Crippen molar-refractivity contribution in [3.05, 3.63) is 200 Å². The van der Waals surface area contributed by atoms with Gasteiger partial charge in [0.25, 0.3) is 0 Å². The van der Waals surface area contributed by atoms with Crippen LogP contribution >= 0.6 is 0 Å². The summed E-state index contributed by atoms with van der Waals surface area (Å²) in [7, 11) is 0. The molecule has 0 N–H and O–H groups in total. The Bertz CT molecular complexity index is 3240. The van der Waals surface area contributed by atoms with Crippen LogP contribution in [0.25, 0.3) is 88.1 Å². The summed E-state index contributed by atoms with van der Waals surface area (Å²) in [5.41, 5.74) is 14.5. The van der Waals surface area contributed by atoms with Gasteiger partial charge in [-0.25, -0.2) is 0 Å². The molecule has 1 aliphatic carbocycles. The first kappa shape index (κ1) is 31.4. The number of aryl methyl sites for hydroxylation is 1. The predicted molar refractivity (Wildman–Crippen MR) is 236 cm³/mol. The van der Waals surface area contributed by atoms with Crippen LogP contribution in [-0.2, 0) is 0 Å². The monoisotopic (exact) mass is 700 g/mol. The van der Waals surface area contributed by atoms with Gasteiger partial charge in [-0.1, -0.05) is 152 Å². The molecule has 1 heterocycles. The SMILES string of the molecule is C=C/C=C\c1c(C)cc2cccc3c2c1-c1cccc(N(c2ccc4c5ccccc5n(-c5ccc6ccccc6c5)c4c2)c2cccc4ccccc24)c1-3. The van der Waals surface area contributed by atoms with Crippen LogP contribution < -0.4 is 4.90 Å². The second-order valence-electron chi connectivity index (χ2n) is 14.6. The molecule has 2 nitrogen and oxygen atoms in total. The van der Waals surface area contributed by atoms with E-state index in [9.17, 15) is 0 Å². The Morgan fingerprint density at radius 1 is 0.509 bits per heavy atom. The van der Waals surface area contributed by atoms with Crippen molar-refractivity contribution in [2.45, 2.75) is 6.92 Å². The van der Waals surface area contributed by atoms with Gasteiger partial charge in [0.15, 0.2) is 0 Å². The van der Waals surface area contributed by atoms with Crippen molar-refractivity contribution < 1.29 is 0 Å². The molecule has 0 saturated carbocycles. The Morgan fingerprint density at radius 2 is 1.20 bits per heavy atom. The Hall–Kier alpha value is -7.16. The highest BCUT2D eigenvalue weighted by Crippen LogP contribution is 2.55. The summed E-state index contributed by atoms with van der Waals surface area (Å²) in [4.78, 5) is 2.50. The third kappa shape index (κ3) is 4.68. The van der Waals surface area contributed by atoms with Crippen LogP contribution in [0.1, 0.15) is 11.1 Å². The molecule has 0 unspecified atom stereocenters. The molecule has 0 fully saturated rings. The molecule has 9 aromatic carbocycles. The minimum absolute atomic E-state index is 1.10. The predicted octanol–water partition coefficient (Wildman–Crippen LogP) is 14.9. The fourth-order valence-electron chi connectivity index (χ4n) is 9.20. The van der Waals surface area contributed by atoms with Gasteiger partial charge in [0.2, 0.25) is 0 Å². The van der Waals surface area contributed by atoms with Crippen molar-refractivity contribution in [1.82, 2.24) is 4.57 Å². The second-order valence-corrected chi connectivity index (χ2v) is 14.6. The summed E-state index contributed by atoms with van der Waals surface area (Å²) in [5.74, 6) is 0. The first-order valence-corrected chi connectivity index (χ1v) is 19.0. The molecule has 0 aliphatic heterocycles. The number of hydrogen-bond donors (Lipinski definition) is 0. The Morgan fingerprint density at radius 3 is 2.09 bits per heavy atom. The molecule has 1 aliphatic rings. The molecule has 0 saturated heterocycles. The lowest BCUT2D eigenvalue weighted by molar-refractivity contribution is 1.18. The minimum atomic E-state index is 1.10. The van der Waals surface area contributed by atoms with Crippen molar-refractivity contribution >= 4 is 77.3 Å². The second kappa shape index (κ2) is 12.2. The van der Waals surface area contributed by atoms with E-state index in [1.54, 1.807) is 0 Å². The third-order valence-electron chi connectivity index (χ3n) is 11.5. The molecule has 55 heavy (non-hydrogen) atoms. The maximum Gasteiger partial charge on any atom is 0.0561 e. The maximum absolute atomic E-state index is 3.99. The molecule has 2 heteroatoms. The molecule has 0 radical (unpaired) electrons. The third-order valence-corrected chi connectivity index (χ3v) is 11.5. The Kier molecular flexibility index (Phi) is 6.96. The van der Waals surface area contributed by atoms with E-state index in [0.29, 0.717) is 0 Å². The van der Waals surface area contributed by atoms with Crippen LogP contribution in [0.3, 0.4) is 0 Å². The summed E-state index contributed by atoms with van der Waals surface area (Å²) in [5, 5.41) is 9.93. The summed E-state index contributed by atoms with van der Waals surface area (Å²) in [6.07, 6.45) is 6.14. The fourth-order valence-corrected chi connectivity index (χ4v) is 9.20. The first-order chi connectivity index (χ1) is 27.2. The molecule has 0 spiro atoms. The van der Waals surface area contributed by atoms with Gasteiger partial charge in [-0.15, -0.1) is 0 Å². The average Bonchev–Trinajstić information content (AvgIpc) is 3.75. The van der Waals surface area contributed by atoms with Gasteiger partial charge >= 0.3 is 0 Å². The number of rotatable bonds is 6. The minimum Gasteiger partial charge on any atom is -0.309 e. The number of para-hydroxylation sites is 1. The van der Waals surface area contributed by atoms with Crippen molar-refractivity contribution in [3.63, 3.8) is 0 Å². The molecule has 10 aromatic rings. The lowest BCUT2D eigenvalue weighted by Gasteiger charge is -2.29. The normalized spacial score (nSPS) is 12.1. The van der Waals surface area contributed by atoms with Gasteiger partial charge in [-0.2, -0.15) is 0 Å². The average molecular weight is 701 g/mol. The fraction of sp³-hybridized carbons (Fsp3) is 0.0189. The van der Waals surface area contributed by atoms with Gasteiger partial charge in [0.1, 0.15) is 0 Å². The van der Waals surface area contributed by atoms with E-state index < -0.39 is 0 Å². The van der Waals surface area contributed by atoms with Crippen LogP contribution in [-0.4, -0.2) is 4.57 Å². The van der Waals surface area contributed by atoms with Crippen molar-refractivity contribution in [1.29, 1.82) is 0 Å². The number of aromatic nitrogens is 1. The topological polar surface area (TPSA) is 8.17 Å². The lowest BCUT2D eigenvalue weighted by Crippen LogP contribution is -2.12. The number of fused-ring (bicyclic) bond motifs is 8. The number of benzene rings is 9. The zero-order valence-electron chi connectivity index (χ0n) is 30.5. The van der Waals surface area contributed by atoms with Crippen LogP contribution in [0.4, 0.5) is 17.1 Å². The molecule has 0 atom stereocenters.